The second-order valence-electron chi connectivity index (χ2n) is 6.10. The largest absolute Gasteiger partial charge is 0.309 e. The molecule has 120 valence electrons. The molecule has 1 rings (SSSR count). The van der Waals surface area contributed by atoms with E-state index in [0.29, 0.717) is 6.04 Å². The quantitative estimate of drug-likeness (QED) is 0.684. The Kier molecular flexibility index (Phi) is 8.63. The summed E-state index contributed by atoms with van der Waals surface area (Å²) in [6.07, 6.45) is 3.75. The van der Waals surface area contributed by atoms with Crippen LogP contribution in [0.2, 0.25) is 0 Å². The van der Waals surface area contributed by atoms with Gasteiger partial charge in [0.15, 0.2) is 0 Å². The maximum Gasteiger partial charge on any atom is 0.0449 e. The zero-order chi connectivity index (χ0) is 15.7. The molecule has 0 saturated carbocycles. The van der Waals surface area contributed by atoms with Gasteiger partial charge in [-0.25, -0.2) is 0 Å². The van der Waals surface area contributed by atoms with Crippen LogP contribution < -0.4 is 5.32 Å². The number of aryl methyl sites for hydroxylation is 2. The second kappa shape index (κ2) is 9.97. The molecular formula is C19H34N2. The van der Waals surface area contributed by atoms with E-state index in [2.05, 4.69) is 63.0 Å². The molecule has 0 aliphatic carbocycles. The summed E-state index contributed by atoms with van der Waals surface area (Å²) >= 11 is 0. The van der Waals surface area contributed by atoms with Crippen LogP contribution in [0.1, 0.15) is 62.8 Å². The Bertz CT molecular complexity index is 401. The number of rotatable bonds is 10. The molecule has 2 heteroatoms. The monoisotopic (exact) mass is 290 g/mol. The number of likely N-dealkylation sites (N-methyl/N-ethyl adjacent to an activating group) is 1. The molecule has 0 aliphatic rings. The molecule has 1 atom stereocenters. The lowest BCUT2D eigenvalue weighted by atomic mass is 10.0. The molecule has 0 aromatic heterocycles. The van der Waals surface area contributed by atoms with E-state index in [1.807, 2.05) is 0 Å². The summed E-state index contributed by atoms with van der Waals surface area (Å²) in [5, 5.41) is 3.73. The number of hydrogen-bond acceptors (Lipinski definition) is 2. The molecule has 0 fully saturated rings. The first-order valence-electron chi connectivity index (χ1n) is 8.65. The molecule has 1 N–H and O–H groups in total. The lowest BCUT2D eigenvalue weighted by Gasteiger charge is -2.28. The SMILES string of the molecule is CCCCN(CC)CC(NCCC)c1ccc(C)c(C)c1. The summed E-state index contributed by atoms with van der Waals surface area (Å²) in [4.78, 5) is 2.58. The molecule has 1 aromatic carbocycles. The highest BCUT2D eigenvalue weighted by Gasteiger charge is 2.15. The molecule has 2 nitrogen and oxygen atoms in total. The van der Waals surface area contributed by atoms with E-state index in [0.717, 1.165) is 19.6 Å². The third-order valence-corrected chi connectivity index (χ3v) is 4.29. The first-order valence-corrected chi connectivity index (χ1v) is 8.65. The van der Waals surface area contributed by atoms with Gasteiger partial charge in [0.25, 0.3) is 0 Å². The Morgan fingerprint density at radius 2 is 1.81 bits per heavy atom. The van der Waals surface area contributed by atoms with Gasteiger partial charge in [-0.3, -0.25) is 0 Å². The van der Waals surface area contributed by atoms with Crippen molar-refractivity contribution < 1.29 is 0 Å². The van der Waals surface area contributed by atoms with E-state index >= 15 is 0 Å². The number of nitrogens with one attached hydrogen (secondary N) is 1. The highest BCUT2D eigenvalue weighted by atomic mass is 15.1. The lowest BCUT2D eigenvalue weighted by molar-refractivity contribution is 0.250. The molecule has 1 unspecified atom stereocenters. The minimum absolute atomic E-state index is 0.445. The Morgan fingerprint density at radius 3 is 2.38 bits per heavy atom. The van der Waals surface area contributed by atoms with Gasteiger partial charge in [0.2, 0.25) is 0 Å². The van der Waals surface area contributed by atoms with Crippen LogP contribution >= 0.6 is 0 Å². The summed E-state index contributed by atoms with van der Waals surface area (Å²) in [6, 6.07) is 7.36. The minimum Gasteiger partial charge on any atom is -0.309 e. The average molecular weight is 290 g/mol. The van der Waals surface area contributed by atoms with Crippen LogP contribution in [0.15, 0.2) is 18.2 Å². The van der Waals surface area contributed by atoms with Crippen LogP contribution in [0, 0.1) is 13.8 Å². The summed E-state index contributed by atoms with van der Waals surface area (Å²) in [7, 11) is 0. The van der Waals surface area contributed by atoms with Crippen molar-refractivity contribution in [2.45, 2.75) is 59.9 Å². The molecule has 0 amide bonds. The van der Waals surface area contributed by atoms with E-state index in [1.165, 1.54) is 42.5 Å². The predicted octanol–water partition coefficient (Wildman–Crippen LogP) is 4.47. The lowest BCUT2D eigenvalue weighted by Crippen LogP contribution is -2.36. The predicted molar refractivity (Wildman–Crippen MR) is 94.0 cm³/mol. The minimum atomic E-state index is 0.445. The zero-order valence-corrected chi connectivity index (χ0v) is 14.7. The van der Waals surface area contributed by atoms with Crippen LogP contribution in [-0.2, 0) is 0 Å². The Balaban J connectivity index is 2.80. The van der Waals surface area contributed by atoms with Gasteiger partial charge >= 0.3 is 0 Å². The van der Waals surface area contributed by atoms with Crippen LogP contribution in [-0.4, -0.2) is 31.1 Å². The molecule has 0 radical (unpaired) electrons. The standard InChI is InChI=1S/C19H34N2/c1-6-9-13-21(8-3)15-19(20-12-7-2)18-11-10-16(4)17(5)14-18/h10-11,14,19-20H,6-9,12-13,15H2,1-5H3. The highest BCUT2D eigenvalue weighted by Crippen LogP contribution is 2.19. The van der Waals surface area contributed by atoms with Crippen LogP contribution in [0.5, 0.6) is 0 Å². The Labute approximate surface area is 131 Å². The smallest absolute Gasteiger partial charge is 0.0449 e. The van der Waals surface area contributed by atoms with E-state index < -0.39 is 0 Å². The average Bonchev–Trinajstić information content (AvgIpc) is 2.49. The van der Waals surface area contributed by atoms with Gasteiger partial charge in [-0.15, -0.1) is 0 Å². The highest BCUT2D eigenvalue weighted by molar-refractivity contribution is 5.31. The first-order chi connectivity index (χ1) is 10.1. The van der Waals surface area contributed by atoms with Crippen LogP contribution in [0.4, 0.5) is 0 Å². The topological polar surface area (TPSA) is 15.3 Å². The summed E-state index contributed by atoms with van der Waals surface area (Å²) in [5.74, 6) is 0. The van der Waals surface area contributed by atoms with Gasteiger partial charge in [-0.2, -0.15) is 0 Å². The van der Waals surface area contributed by atoms with Crippen molar-refractivity contribution in [1.29, 1.82) is 0 Å². The maximum absolute atomic E-state index is 3.73. The van der Waals surface area contributed by atoms with Gasteiger partial charge in [0, 0.05) is 12.6 Å². The van der Waals surface area contributed by atoms with E-state index in [1.54, 1.807) is 0 Å². The van der Waals surface area contributed by atoms with Crippen molar-refractivity contribution in [2.24, 2.45) is 0 Å². The second-order valence-corrected chi connectivity index (χ2v) is 6.10. The summed E-state index contributed by atoms with van der Waals surface area (Å²) < 4.78 is 0. The molecule has 0 heterocycles. The normalized spacial score (nSPS) is 12.9. The van der Waals surface area contributed by atoms with Gasteiger partial charge in [-0.05, 0) is 63.0 Å². The third kappa shape index (κ3) is 6.19. The fourth-order valence-electron chi connectivity index (χ4n) is 2.61. The fourth-order valence-corrected chi connectivity index (χ4v) is 2.61. The Morgan fingerprint density at radius 1 is 1.05 bits per heavy atom. The van der Waals surface area contributed by atoms with E-state index in [4.69, 9.17) is 0 Å². The van der Waals surface area contributed by atoms with Gasteiger partial charge in [-0.1, -0.05) is 45.4 Å². The van der Waals surface area contributed by atoms with Crippen molar-refractivity contribution in [1.82, 2.24) is 10.2 Å². The molecular weight excluding hydrogens is 256 g/mol. The van der Waals surface area contributed by atoms with Crippen molar-refractivity contribution in [3.63, 3.8) is 0 Å². The number of benzene rings is 1. The van der Waals surface area contributed by atoms with Crippen molar-refractivity contribution in [3.8, 4) is 0 Å². The zero-order valence-electron chi connectivity index (χ0n) is 14.7. The molecule has 1 aromatic rings. The van der Waals surface area contributed by atoms with Crippen molar-refractivity contribution >= 4 is 0 Å². The van der Waals surface area contributed by atoms with Gasteiger partial charge < -0.3 is 10.2 Å². The summed E-state index contributed by atoms with van der Waals surface area (Å²) in [5.41, 5.74) is 4.21. The van der Waals surface area contributed by atoms with Crippen LogP contribution in [0.3, 0.4) is 0 Å². The van der Waals surface area contributed by atoms with Gasteiger partial charge in [0.1, 0.15) is 0 Å². The maximum atomic E-state index is 3.73. The number of unbranched alkanes of at least 4 members (excludes halogenated alkanes) is 1. The first kappa shape index (κ1) is 18.2. The Hall–Kier alpha value is -0.860. The number of nitrogens with zero attached hydrogens (tertiary/aromatic N) is 1. The fraction of sp³-hybridized carbons (Fsp3) is 0.684. The van der Waals surface area contributed by atoms with E-state index in [9.17, 15) is 0 Å². The summed E-state index contributed by atoms with van der Waals surface area (Å²) in [6.45, 7) is 15.7. The number of hydrogen-bond donors (Lipinski definition) is 1. The molecule has 0 bridgehead atoms. The molecule has 21 heavy (non-hydrogen) atoms. The molecule has 0 saturated heterocycles. The van der Waals surface area contributed by atoms with E-state index in [-0.39, 0.29) is 0 Å². The van der Waals surface area contributed by atoms with Crippen molar-refractivity contribution in [2.75, 3.05) is 26.2 Å². The molecule has 0 spiro atoms. The van der Waals surface area contributed by atoms with Crippen molar-refractivity contribution in [3.05, 3.63) is 34.9 Å². The van der Waals surface area contributed by atoms with Gasteiger partial charge in [0.05, 0.1) is 0 Å². The third-order valence-electron chi connectivity index (χ3n) is 4.29. The van der Waals surface area contributed by atoms with Crippen LogP contribution in [0.25, 0.3) is 0 Å². The molecule has 0 aliphatic heterocycles.